The Morgan fingerprint density at radius 2 is 2.05 bits per heavy atom. The van der Waals surface area contributed by atoms with Gasteiger partial charge in [-0.25, -0.2) is 0 Å². The van der Waals surface area contributed by atoms with Gasteiger partial charge in [-0.05, 0) is 54.9 Å². The van der Waals surface area contributed by atoms with Crippen LogP contribution < -0.4 is 0 Å². The topological polar surface area (TPSA) is 12.9 Å². The Morgan fingerprint density at radius 1 is 1.29 bits per heavy atom. The highest BCUT2D eigenvalue weighted by atomic mass is 32.1. The first-order valence-electron chi connectivity index (χ1n) is 7.77. The zero-order valence-corrected chi connectivity index (χ0v) is 13.8. The zero-order valence-electron chi connectivity index (χ0n) is 13.0. The fourth-order valence-corrected chi connectivity index (χ4v) is 4.37. The molecule has 3 atom stereocenters. The van der Waals surface area contributed by atoms with Crippen molar-refractivity contribution in [2.24, 2.45) is 23.2 Å². The molecule has 3 unspecified atom stereocenters. The molecule has 2 aliphatic carbocycles. The minimum atomic E-state index is 0.281. The second-order valence-corrected chi connectivity index (χ2v) is 6.83. The number of pyridine rings is 1. The molecule has 21 heavy (non-hydrogen) atoms. The van der Waals surface area contributed by atoms with Gasteiger partial charge in [-0.3, -0.25) is 4.98 Å². The summed E-state index contributed by atoms with van der Waals surface area (Å²) in [6, 6.07) is 6.16. The molecular formula is C19H23NS. The van der Waals surface area contributed by atoms with Crippen LogP contribution in [0.4, 0.5) is 0 Å². The van der Waals surface area contributed by atoms with Gasteiger partial charge >= 0.3 is 0 Å². The van der Waals surface area contributed by atoms with Gasteiger partial charge in [0, 0.05) is 16.5 Å². The zero-order chi connectivity index (χ0) is 15.0. The molecule has 0 aromatic carbocycles. The van der Waals surface area contributed by atoms with E-state index >= 15 is 0 Å². The summed E-state index contributed by atoms with van der Waals surface area (Å²) in [6.45, 7) is 6.88. The largest absolute Gasteiger partial charge is 0.257 e. The van der Waals surface area contributed by atoms with E-state index < -0.39 is 0 Å². The van der Waals surface area contributed by atoms with Crippen LogP contribution in [0.25, 0.3) is 5.57 Å². The number of hydrogen-bond acceptors (Lipinski definition) is 2. The summed E-state index contributed by atoms with van der Waals surface area (Å²) >= 11 is 4.56. The summed E-state index contributed by atoms with van der Waals surface area (Å²) in [6.07, 6.45) is 12.1. The van der Waals surface area contributed by atoms with Crippen LogP contribution in [0.15, 0.2) is 53.6 Å². The normalized spacial score (nSPS) is 35.5. The van der Waals surface area contributed by atoms with E-state index in [1.165, 1.54) is 5.57 Å². The predicted octanol–water partition coefficient (Wildman–Crippen LogP) is 5.15. The molecule has 0 amide bonds. The monoisotopic (exact) mass is 297 g/mol. The maximum Gasteiger partial charge on any atom is 0.0665 e. The smallest absolute Gasteiger partial charge is 0.0665 e. The molecule has 1 aromatic heterocycles. The number of aromatic nitrogens is 1. The first kappa shape index (κ1) is 14.6. The highest BCUT2D eigenvalue weighted by Gasteiger charge is 2.61. The van der Waals surface area contributed by atoms with Crippen LogP contribution >= 0.6 is 12.6 Å². The van der Waals surface area contributed by atoms with Crippen molar-refractivity contribution in [3.05, 3.63) is 59.3 Å². The Bertz CT molecular complexity index is 604. The minimum absolute atomic E-state index is 0.281. The highest BCUT2D eigenvalue weighted by molar-refractivity contribution is 7.84. The average molecular weight is 297 g/mol. The Morgan fingerprint density at radius 3 is 2.62 bits per heavy atom. The molecular weight excluding hydrogens is 274 g/mol. The third-order valence-electron chi connectivity index (χ3n) is 5.48. The lowest BCUT2D eigenvalue weighted by molar-refractivity contribution is 0.418. The van der Waals surface area contributed by atoms with Crippen LogP contribution in [-0.2, 0) is 0 Å². The molecule has 1 aromatic rings. The van der Waals surface area contributed by atoms with Crippen molar-refractivity contribution in [1.29, 1.82) is 0 Å². The summed E-state index contributed by atoms with van der Waals surface area (Å²) in [5.41, 5.74) is 2.72. The van der Waals surface area contributed by atoms with Crippen molar-refractivity contribution in [2.45, 2.75) is 27.2 Å². The maximum absolute atomic E-state index is 4.59. The van der Waals surface area contributed by atoms with E-state index in [2.05, 4.69) is 74.8 Å². The number of thiol groups is 1. The lowest BCUT2D eigenvalue weighted by atomic mass is 9.74. The van der Waals surface area contributed by atoms with E-state index in [9.17, 15) is 0 Å². The summed E-state index contributed by atoms with van der Waals surface area (Å²) in [7, 11) is 0. The van der Waals surface area contributed by atoms with Crippen LogP contribution in [-0.4, -0.2) is 4.98 Å². The molecule has 0 aliphatic heterocycles. The number of allylic oxidation sites excluding steroid dienone is 5. The molecule has 0 radical (unpaired) electrons. The Hall–Kier alpha value is -1.28. The summed E-state index contributed by atoms with van der Waals surface area (Å²) < 4.78 is 0. The molecule has 0 N–H and O–H groups in total. The van der Waals surface area contributed by atoms with Gasteiger partial charge in [0.25, 0.3) is 0 Å². The van der Waals surface area contributed by atoms with E-state index in [0.717, 1.165) is 28.9 Å². The van der Waals surface area contributed by atoms with Gasteiger partial charge in [-0.15, -0.1) is 12.6 Å². The molecule has 3 rings (SSSR count). The van der Waals surface area contributed by atoms with Gasteiger partial charge in [-0.1, -0.05) is 38.1 Å². The van der Waals surface area contributed by atoms with E-state index in [0.29, 0.717) is 5.92 Å². The molecule has 1 fully saturated rings. The van der Waals surface area contributed by atoms with Gasteiger partial charge in [0.2, 0.25) is 0 Å². The first-order valence-corrected chi connectivity index (χ1v) is 8.22. The molecule has 1 nitrogen and oxygen atoms in total. The quantitative estimate of drug-likeness (QED) is 0.601. The Labute approximate surface area is 133 Å². The van der Waals surface area contributed by atoms with E-state index in [1.807, 2.05) is 12.3 Å². The van der Waals surface area contributed by atoms with Crippen LogP contribution in [0.1, 0.15) is 32.9 Å². The molecule has 1 heterocycles. The lowest BCUT2D eigenvalue weighted by Crippen LogP contribution is -2.21. The fourth-order valence-electron chi connectivity index (χ4n) is 4.13. The van der Waals surface area contributed by atoms with Crippen molar-refractivity contribution in [3.63, 3.8) is 0 Å². The summed E-state index contributed by atoms with van der Waals surface area (Å²) in [5, 5.41) is 0. The second kappa shape index (κ2) is 5.49. The standard InChI is InChI=1S/C19H23NS/c1-4-10-19(13(2)14(19)3)17-9-8-15(21)12-16(17)18-7-5-6-11-20-18/h4-8,10-14,17,21H,9H2,1-3H3. The molecule has 2 heteroatoms. The van der Waals surface area contributed by atoms with Gasteiger partial charge in [0.1, 0.15) is 0 Å². The molecule has 0 bridgehead atoms. The lowest BCUT2D eigenvalue weighted by Gasteiger charge is -2.30. The van der Waals surface area contributed by atoms with Gasteiger partial charge in [0.05, 0.1) is 5.69 Å². The maximum atomic E-state index is 4.59. The van der Waals surface area contributed by atoms with Crippen molar-refractivity contribution >= 4 is 18.2 Å². The fraction of sp³-hybridized carbons (Fsp3) is 0.421. The molecule has 0 spiro atoms. The third-order valence-corrected chi connectivity index (χ3v) is 5.79. The highest BCUT2D eigenvalue weighted by Crippen LogP contribution is 2.67. The number of hydrogen-bond donors (Lipinski definition) is 1. The summed E-state index contributed by atoms with van der Waals surface area (Å²) in [4.78, 5) is 5.64. The molecule has 110 valence electrons. The average Bonchev–Trinajstić information content (AvgIpc) is 3.02. The van der Waals surface area contributed by atoms with E-state index in [4.69, 9.17) is 0 Å². The van der Waals surface area contributed by atoms with Crippen molar-refractivity contribution < 1.29 is 0 Å². The van der Waals surface area contributed by atoms with Gasteiger partial charge in [0.15, 0.2) is 0 Å². The molecule has 0 saturated heterocycles. The van der Waals surface area contributed by atoms with Crippen molar-refractivity contribution in [3.8, 4) is 0 Å². The second-order valence-electron chi connectivity index (χ2n) is 6.31. The number of nitrogens with zero attached hydrogens (tertiary/aromatic N) is 1. The van der Waals surface area contributed by atoms with Crippen molar-refractivity contribution in [1.82, 2.24) is 4.98 Å². The van der Waals surface area contributed by atoms with Crippen LogP contribution in [0.2, 0.25) is 0 Å². The van der Waals surface area contributed by atoms with Crippen LogP contribution in [0.3, 0.4) is 0 Å². The molecule has 1 saturated carbocycles. The Kier molecular flexibility index (Phi) is 3.83. The predicted molar refractivity (Wildman–Crippen MR) is 93.0 cm³/mol. The summed E-state index contributed by atoms with van der Waals surface area (Å²) in [5.74, 6) is 1.95. The van der Waals surface area contributed by atoms with Gasteiger partial charge < -0.3 is 0 Å². The van der Waals surface area contributed by atoms with Gasteiger partial charge in [-0.2, -0.15) is 0 Å². The van der Waals surface area contributed by atoms with E-state index in [1.54, 1.807) is 0 Å². The first-order chi connectivity index (χ1) is 10.1. The van der Waals surface area contributed by atoms with Crippen LogP contribution in [0, 0.1) is 23.2 Å². The van der Waals surface area contributed by atoms with Crippen LogP contribution in [0.5, 0.6) is 0 Å². The van der Waals surface area contributed by atoms with E-state index in [-0.39, 0.29) is 5.41 Å². The van der Waals surface area contributed by atoms with Crippen molar-refractivity contribution in [2.75, 3.05) is 0 Å². The number of rotatable bonds is 3. The minimum Gasteiger partial charge on any atom is -0.257 e. The Balaban J connectivity index is 2.05. The SMILES string of the molecule is CC=CC1(C2CC=C(S)C=C2c2ccccn2)C(C)C1C. The third kappa shape index (κ3) is 2.30. The molecule has 2 aliphatic rings.